The van der Waals surface area contributed by atoms with Crippen LogP contribution >= 0.6 is 0 Å². The number of benzene rings is 2. The van der Waals surface area contributed by atoms with Gasteiger partial charge in [0.2, 0.25) is 5.91 Å². The molecule has 2 amide bonds. The molecule has 144 valence electrons. The summed E-state index contributed by atoms with van der Waals surface area (Å²) < 4.78 is 6.08. The van der Waals surface area contributed by atoms with E-state index in [0.29, 0.717) is 16.8 Å². The van der Waals surface area contributed by atoms with Crippen LogP contribution in [0.5, 0.6) is 0 Å². The summed E-state index contributed by atoms with van der Waals surface area (Å²) in [5.41, 5.74) is 2.37. The van der Waals surface area contributed by atoms with Crippen LogP contribution in [0.2, 0.25) is 0 Å². The Kier molecular flexibility index (Phi) is 5.64. The number of esters is 1. The van der Waals surface area contributed by atoms with Crippen molar-refractivity contribution >= 4 is 34.5 Å². The predicted molar refractivity (Wildman–Crippen MR) is 102 cm³/mol. The maximum Gasteiger partial charge on any atom is 0.328 e. The van der Waals surface area contributed by atoms with Gasteiger partial charge in [0.05, 0.1) is 12.6 Å². The summed E-state index contributed by atoms with van der Waals surface area (Å²) in [4.78, 5) is 35.8. The molecule has 0 aliphatic heterocycles. The number of hydrogen-bond donors (Lipinski definition) is 2. The highest BCUT2D eigenvalue weighted by atomic mass is 16.5. The highest BCUT2D eigenvalue weighted by molar-refractivity contribution is 5.97. The summed E-state index contributed by atoms with van der Waals surface area (Å²) in [5.74, 6) is -1.21. The molecule has 0 aliphatic rings. The number of anilines is 1. The fourth-order valence-electron chi connectivity index (χ4n) is 2.59. The summed E-state index contributed by atoms with van der Waals surface area (Å²) in [7, 11) is 1.25. The fourth-order valence-corrected chi connectivity index (χ4v) is 2.59. The molecule has 0 saturated carbocycles. The van der Waals surface area contributed by atoms with Crippen LogP contribution in [0.1, 0.15) is 17.3 Å². The van der Waals surface area contributed by atoms with Crippen LogP contribution in [-0.2, 0) is 20.9 Å². The number of methoxy groups -OCH3 is 1. The predicted octanol–water partition coefficient (Wildman–Crippen LogP) is 1.36. The van der Waals surface area contributed by atoms with Crippen LogP contribution in [0.4, 0.5) is 5.69 Å². The molecule has 0 aliphatic carbocycles. The Morgan fingerprint density at radius 1 is 1.11 bits per heavy atom. The molecule has 9 nitrogen and oxygen atoms in total. The number of amides is 2. The van der Waals surface area contributed by atoms with E-state index >= 15 is 0 Å². The lowest BCUT2D eigenvalue weighted by Crippen LogP contribution is -2.39. The number of hydrogen-bond acceptors (Lipinski definition) is 6. The maximum absolute atomic E-state index is 12.3. The van der Waals surface area contributed by atoms with Crippen molar-refractivity contribution in [3.05, 3.63) is 54.1 Å². The lowest BCUT2D eigenvalue weighted by Gasteiger charge is -2.12. The first-order valence-corrected chi connectivity index (χ1v) is 8.55. The van der Waals surface area contributed by atoms with E-state index < -0.39 is 17.9 Å². The van der Waals surface area contributed by atoms with Crippen molar-refractivity contribution in [2.24, 2.45) is 0 Å². The summed E-state index contributed by atoms with van der Waals surface area (Å²) in [5, 5.41) is 13.3. The molecule has 1 aromatic heterocycles. The first kappa shape index (κ1) is 19.0. The van der Waals surface area contributed by atoms with Crippen molar-refractivity contribution < 1.29 is 19.1 Å². The van der Waals surface area contributed by atoms with Crippen LogP contribution in [0.3, 0.4) is 0 Å². The van der Waals surface area contributed by atoms with Gasteiger partial charge in [0.1, 0.15) is 18.1 Å². The van der Waals surface area contributed by atoms with Crippen molar-refractivity contribution in [3.8, 4) is 0 Å². The number of rotatable bonds is 6. The van der Waals surface area contributed by atoms with E-state index in [1.165, 1.54) is 18.7 Å². The zero-order valence-electron chi connectivity index (χ0n) is 15.4. The Balaban J connectivity index is 1.60. The van der Waals surface area contributed by atoms with E-state index in [1.807, 2.05) is 24.3 Å². The Bertz CT molecular complexity index is 1010. The molecule has 0 bridgehead atoms. The molecule has 2 aromatic carbocycles. The summed E-state index contributed by atoms with van der Waals surface area (Å²) >= 11 is 0. The van der Waals surface area contributed by atoms with Crippen LogP contribution in [0, 0.1) is 0 Å². The number of nitrogens with zero attached hydrogens (tertiary/aromatic N) is 3. The number of ether oxygens (including phenoxy) is 1. The number of fused-ring (bicyclic) bond motifs is 1. The van der Waals surface area contributed by atoms with E-state index in [9.17, 15) is 14.4 Å². The van der Waals surface area contributed by atoms with Gasteiger partial charge in [0.25, 0.3) is 5.91 Å². The second kappa shape index (κ2) is 8.30. The van der Waals surface area contributed by atoms with E-state index in [4.69, 9.17) is 0 Å². The third-order valence-corrected chi connectivity index (χ3v) is 4.05. The smallest absolute Gasteiger partial charge is 0.328 e. The van der Waals surface area contributed by atoms with E-state index in [1.54, 1.807) is 24.3 Å². The second-order valence-electron chi connectivity index (χ2n) is 6.08. The Labute approximate surface area is 160 Å². The highest BCUT2D eigenvalue weighted by Crippen LogP contribution is 2.12. The van der Waals surface area contributed by atoms with Crippen molar-refractivity contribution in [2.75, 3.05) is 12.4 Å². The van der Waals surface area contributed by atoms with Gasteiger partial charge in [-0.2, -0.15) is 0 Å². The van der Waals surface area contributed by atoms with E-state index in [-0.39, 0.29) is 12.5 Å². The van der Waals surface area contributed by atoms with Crippen molar-refractivity contribution in [1.82, 2.24) is 20.3 Å². The van der Waals surface area contributed by atoms with Gasteiger partial charge in [-0.3, -0.25) is 9.59 Å². The first-order valence-electron chi connectivity index (χ1n) is 8.55. The van der Waals surface area contributed by atoms with Crippen molar-refractivity contribution in [1.29, 1.82) is 0 Å². The minimum absolute atomic E-state index is 0.0133. The van der Waals surface area contributed by atoms with Gasteiger partial charge in [0.15, 0.2) is 0 Å². The number of para-hydroxylation sites is 1. The summed E-state index contributed by atoms with van der Waals surface area (Å²) in [6.45, 7) is 1.55. The van der Waals surface area contributed by atoms with Crippen molar-refractivity contribution in [3.63, 3.8) is 0 Å². The molecule has 0 radical (unpaired) electrons. The van der Waals surface area contributed by atoms with Gasteiger partial charge in [-0.05, 0) is 43.3 Å². The van der Waals surface area contributed by atoms with Crippen LogP contribution < -0.4 is 10.6 Å². The standard InChI is InChI=1S/C19H19N5O4/c1-12(19(27)28-2)20-18(26)13-7-9-14(10-8-13)21-17(25)11-24-16-6-4-3-5-15(16)22-23-24/h3-10,12H,11H2,1-2H3,(H,20,26)(H,21,25)/t12-/m0/s1. The molecule has 0 spiro atoms. The quantitative estimate of drug-likeness (QED) is 0.623. The third kappa shape index (κ3) is 4.32. The van der Waals surface area contributed by atoms with Gasteiger partial charge in [0, 0.05) is 11.3 Å². The molecule has 3 rings (SSSR count). The average Bonchev–Trinajstić information content (AvgIpc) is 3.10. The van der Waals surface area contributed by atoms with Gasteiger partial charge in [-0.25, -0.2) is 9.48 Å². The molecular weight excluding hydrogens is 362 g/mol. The molecule has 0 saturated heterocycles. The first-order chi connectivity index (χ1) is 13.5. The number of aromatic nitrogens is 3. The number of nitrogens with one attached hydrogen (secondary N) is 2. The molecule has 0 fully saturated rings. The monoisotopic (exact) mass is 381 g/mol. The minimum Gasteiger partial charge on any atom is -0.467 e. The third-order valence-electron chi connectivity index (χ3n) is 4.05. The largest absolute Gasteiger partial charge is 0.467 e. The molecule has 2 N–H and O–H groups in total. The molecule has 1 atom stereocenters. The van der Waals surface area contributed by atoms with Gasteiger partial charge in [-0.15, -0.1) is 5.10 Å². The van der Waals surface area contributed by atoms with Crippen LogP contribution in [0.15, 0.2) is 48.5 Å². The Morgan fingerprint density at radius 2 is 1.82 bits per heavy atom. The number of carbonyl (C=O) groups is 3. The molecule has 0 unspecified atom stereocenters. The fraction of sp³-hybridized carbons (Fsp3) is 0.211. The Hall–Kier alpha value is -3.75. The summed E-state index contributed by atoms with van der Waals surface area (Å²) in [6, 6.07) is 12.9. The lowest BCUT2D eigenvalue weighted by molar-refractivity contribution is -0.142. The van der Waals surface area contributed by atoms with Crippen molar-refractivity contribution in [2.45, 2.75) is 19.5 Å². The lowest BCUT2D eigenvalue weighted by atomic mass is 10.2. The molecular formula is C19H19N5O4. The molecule has 3 aromatic rings. The van der Waals surface area contributed by atoms with Gasteiger partial charge >= 0.3 is 5.97 Å². The van der Waals surface area contributed by atoms with Gasteiger partial charge < -0.3 is 15.4 Å². The SMILES string of the molecule is COC(=O)[C@H](C)NC(=O)c1ccc(NC(=O)Cn2nnc3ccccc32)cc1. The van der Waals surface area contributed by atoms with Crippen LogP contribution in [-0.4, -0.2) is 45.9 Å². The van der Waals surface area contributed by atoms with Gasteiger partial charge in [-0.1, -0.05) is 17.3 Å². The normalized spacial score (nSPS) is 11.6. The molecule has 9 heteroatoms. The van der Waals surface area contributed by atoms with Crippen LogP contribution in [0.25, 0.3) is 11.0 Å². The van der Waals surface area contributed by atoms with E-state index in [0.717, 1.165) is 5.52 Å². The van der Waals surface area contributed by atoms with E-state index in [2.05, 4.69) is 25.7 Å². The molecule has 28 heavy (non-hydrogen) atoms. The minimum atomic E-state index is -0.755. The zero-order chi connectivity index (χ0) is 20.1. The number of carbonyl (C=O) groups excluding carboxylic acids is 3. The zero-order valence-corrected chi connectivity index (χ0v) is 15.4. The topological polar surface area (TPSA) is 115 Å². The molecule has 1 heterocycles. The summed E-state index contributed by atoms with van der Waals surface area (Å²) in [6.07, 6.45) is 0. The maximum atomic E-state index is 12.3. The average molecular weight is 381 g/mol. The second-order valence-corrected chi connectivity index (χ2v) is 6.08. The highest BCUT2D eigenvalue weighted by Gasteiger charge is 2.17. The Morgan fingerprint density at radius 3 is 2.54 bits per heavy atom.